The molecule has 1 unspecified atom stereocenters. The zero-order valence-corrected chi connectivity index (χ0v) is 13.5. The largest absolute Gasteiger partial charge is 0.391 e. The second-order valence-corrected chi connectivity index (χ2v) is 6.87. The Kier molecular flexibility index (Phi) is 6.87. The van der Waals surface area contributed by atoms with Crippen molar-refractivity contribution < 1.29 is 25.8 Å². The molecule has 7 heteroatoms. The van der Waals surface area contributed by atoms with Gasteiger partial charge in [0.05, 0.1) is 17.4 Å². The Balaban J connectivity index is 2.61. The molecule has 1 aromatic carbocycles. The maximum atomic E-state index is 12.8. The number of hydrogen-bond donors (Lipinski definition) is 0. The van der Waals surface area contributed by atoms with E-state index in [0.717, 1.165) is 5.56 Å². The van der Waals surface area contributed by atoms with Gasteiger partial charge in [-0.25, -0.2) is 0 Å². The summed E-state index contributed by atoms with van der Waals surface area (Å²) in [5.41, 5.74) is 0.885. The van der Waals surface area contributed by atoms with Gasteiger partial charge in [0.15, 0.2) is 0 Å². The molecule has 0 radical (unpaired) electrons. The van der Waals surface area contributed by atoms with Gasteiger partial charge in [-0.3, -0.25) is 4.18 Å². The van der Waals surface area contributed by atoms with Crippen LogP contribution < -0.4 is 0 Å². The van der Waals surface area contributed by atoms with E-state index in [9.17, 15) is 21.6 Å². The van der Waals surface area contributed by atoms with E-state index in [2.05, 4.69) is 0 Å². The fraction of sp³-hybridized carbons (Fsp3) is 0.600. The molecule has 0 aromatic heterocycles. The van der Waals surface area contributed by atoms with E-state index in [1.54, 1.807) is 19.1 Å². The first kappa shape index (κ1) is 19.0. The zero-order chi connectivity index (χ0) is 16.8. The second-order valence-electron chi connectivity index (χ2n) is 5.26. The molecule has 126 valence electrons. The highest BCUT2D eigenvalue weighted by molar-refractivity contribution is 7.86. The number of benzene rings is 1. The molecule has 0 aliphatic carbocycles. The monoisotopic (exact) mass is 338 g/mol. The van der Waals surface area contributed by atoms with Crippen LogP contribution in [0.25, 0.3) is 0 Å². The van der Waals surface area contributed by atoms with Crippen LogP contribution in [0.4, 0.5) is 13.2 Å². The van der Waals surface area contributed by atoms with Gasteiger partial charge in [-0.15, -0.1) is 0 Å². The minimum Gasteiger partial charge on any atom is -0.266 e. The predicted molar refractivity (Wildman–Crippen MR) is 78.0 cm³/mol. The van der Waals surface area contributed by atoms with Crippen molar-refractivity contribution in [3.05, 3.63) is 29.8 Å². The highest BCUT2D eigenvalue weighted by atomic mass is 32.2. The van der Waals surface area contributed by atoms with E-state index >= 15 is 0 Å². The maximum absolute atomic E-state index is 12.8. The van der Waals surface area contributed by atoms with E-state index in [0.29, 0.717) is 12.8 Å². The topological polar surface area (TPSA) is 43.4 Å². The SMILES string of the molecule is CCCCC(CCOS(=O)(=O)c1ccc(C)cc1)C(F)(F)F. The second kappa shape index (κ2) is 7.97. The standard InChI is InChI=1S/C15H21F3O3S/c1-3-4-5-13(15(16,17)18)10-11-21-22(19,20)14-8-6-12(2)7-9-14/h6-9,13H,3-5,10-11H2,1-2H3. The number of halogens is 3. The molecule has 1 atom stereocenters. The van der Waals surface area contributed by atoms with Crippen molar-refractivity contribution in [1.82, 2.24) is 0 Å². The third-order valence-corrected chi connectivity index (χ3v) is 4.71. The number of rotatable bonds is 8. The Morgan fingerprint density at radius 2 is 1.73 bits per heavy atom. The first-order valence-electron chi connectivity index (χ1n) is 7.19. The van der Waals surface area contributed by atoms with Crippen molar-refractivity contribution in [2.24, 2.45) is 5.92 Å². The molecular weight excluding hydrogens is 317 g/mol. The normalized spacial score (nSPS) is 14.0. The van der Waals surface area contributed by atoms with Crippen LogP contribution in [0, 0.1) is 12.8 Å². The summed E-state index contributed by atoms with van der Waals surface area (Å²) in [4.78, 5) is -0.0461. The Morgan fingerprint density at radius 3 is 2.23 bits per heavy atom. The van der Waals surface area contributed by atoms with Crippen LogP contribution >= 0.6 is 0 Å². The first-order valence-corrected chi connectivity index (χ1v) is 8.60. The lowest BCUT2D eigenvalue weighted by atomic mass is 9.98. The molecule has 1 rings (SSSR count). The summed E-state index contributed by atoms with van der Waals surface area (Å²) in [5, 5.41) is 0. The van der Waals surface area contributed by atoms with Crippen LogP contribution in [-0.4, -0.2) is 21.2 Å². The van der Waals surface area contributed by atoms with Crippen molar-refractivity contribution >= 4 is 10.1 Å². The van der Waals surface area contributed by atoms with Gasteiger partial charge in [0, 0.05) is 0 Å². The fourth-order valence-corrected chi connectivity index (χ4v) is 2.92. The van der Waals surface area contributed by atoms with Crippen molar-refractivity contribution in [1.29, 1.82) is 0 Å². The van der Waals surface area contributed by atoms with Crippen molar-refractivity contribution in [3.8, 4) is 0 Å². The molecular formula is C15H21F3O3S. The molecule has 3 nitrogen and oxygen atoms in total. The molecule has 0 aliphatic heterocycles. The zero-order valence-electron chi connectivity index (χ0n) is 12.7. The number of hydrogen-bond acceptors (Lipinski definition) is 3. The molecule has 0 N–H and O–H groups in total. The van der Waals surface area contributed by atoms with Crippen molar-refractivity contribution in [3.63, 3.8) is 0 Å². The summed E-state index contributed by atoms with van der Waals surface area (Å²) in [7, 11) is -4.01. The molecule has 0 saturated carbocycles. The molecule has 0 saturated heterocycles. The van der Waals surface area contributed by atoms with E-state index in [-0.39, 0.29) is 17.7 Å². The van der Waals surface area contributed by atoms with Gasteiger partial charge in [0.25, 0.3) is 10.1 Å². The van der Waals surface area contributed by atoms with Crippen LogP contribution in [0.2, 0.25) is 0 Å². The Labute approximate surface area is 129 Å². The van der Waals surface area contributed by atoms with Crippen LogP contribution in [0.3, 0.4) is 0 Å². The van der Waals surface area contributed by atoms with Gasteiger partial charge in [-0.2, -0.15) is 21.6 Å². The van der Waals surface area contributed by atoms with Crippen LogP contribution in [0.5, 0.6) is 0 Å². The van der Waals surface area contributed by atoms with Crippen LogP contribution in [0.1, 0.15) is 38.2 Å². The molecule has 0 fully saturated rings. The van der Waals surface area contributed by atoms with Gasteiger partial charge in [-0.1, -0.05) is 37.5 Å². The summed E-state index contributed by atoms with van der Waals surface area (Å²) in [6.45, 7) is 3.15. The van der Waals surface area contributed by atoms with Crippen LogP contribution in [-0.2, 0) is 14.3 Å². The molecule has 0 aliphatic rings. The van der Waals surface area contributed by atoms with Gasteiger partial charge >= 0.3 is 6.18 Å². The molecule has 0 bridgehead atoms. The number of alkyl halides is 3. The van der Waals surface area contributed by atoms with Crippen molar-refractivity contribution in [2.75, 3.05) is 6.61 Å². The highest BCUT2D eigenvalue weighted by Gasteiger charge is 2.38. The molecule has 0 spiro atoms. The predicted octanol–water partition coefficient (Wildman–Crippen LogP) is 4.46. The Morgan fingerprint density at radius 1 is 1.14 bits per heavy atom. The fourth-order valence-electron chi connectivity index (χ4n) is 2.00. The van der Waals surface area contributed by atoms with Gasteiger partial charge < -0.3 is 0 Å². The average Bonchev–Trinajstić information content (AvgIpc) is 2.41. The number of aryl methyl sites for hydroxylation is 1. The molecule has 0 heterocycles. The van der Waals surface area contributed by atoms with E-state index in [1.165, 1.54) is 12.1 Å². The minimum atomic E-state index is -4.33. The maximum Gasteiger partial charge on any atom is 0.391 e. The summed E-state index contributed by atoms with van der Waals surface area (Å²) in [5.74, 6) is -1.53. The highest BCUT2D eigenvalue weighted by Crippen LogP contribution is 2.33. The Bertz CT molecular complexity index is 550. The first-order chi connectivity index (χ1) is 10.2. The summed E-state index contributed by atoms with van der Waals surface area (Å²) in [6.07, 6.45) is -3.57. The van der Waals surface area contributed by atoms with E-state index < -0.39 is 28.8 Å². The smallest absolute Gasteiger partial charge is 0.266 e. The summed E-state index contributed by atoms with van der Waals surface area (Å²) in [6, 6.07) is 5.97. The molecule has 0 amide bonds. The van der Waals surface area contributed by atoms with Crippen molar-refractivity contribution in [2.45, 2.75) is 50.6 Å². The summed E-state index contributed by atoms with van der Waals surface area (Å²) >= 11 is 0. The minimum absolute atomic E-state index is 0.00601. The quantitative estimate of drug-likeness (QED) is 0.657. The van der Waals surface area contributed by atoms with E-state index in [4.69, 9.17) is 4.18 Å². The van der Waals surface area contributed by atoms with Gasteiger partial charge in [0.2, 0.25) is 0 Å². The lowest BCUT2D eigenvalue weighted by Crippen LogP contribution is -2.25. The average molecular weight is 338 g/mol. The van der Waals surface area contributed by atoms with Gasteiger partial charge in [0.1, 0.15) is 0 Å². The van der Waals surface area contributed by atoms with E-state index in [1.807, 2.05) is 6.92 Å². The lowest BCUT2D eigenvalue weighted by Gasteiger charge is -2.19. The lowest BCUT2D eigenvalue weighted by molar-refractivity contribution is -0.179. The van der Waals surface area contributed by atoms with Crippen LogP contribution in [0.15, 0.2) is 29.2 Å². The number of unbranched alkanes of at least 4 members (excludes halogenated alkanes) is 1. The van der Waals surface area contributed by atoms with Gasteiger partial charge in [-0.05, 0) is 31.9 Å². The molecule has 1 aromatic rings. The Hall–Kier alpha value is -1.08. The third kappa shape index (κ3) is 5.96. The third-order valence-electron chi connectivity index (χ3n) is 3.38. The molecule has 22 heavy (non-hydrogen) atoms. The summed E-state index contributed by atoms with van der Waals surface area (Å²) < 4.78 is 67.0.